The zero-order valence-corrected chi connectivity index (χ0v) is 16.2. The van der Waals surface area contributed by atoms with Crippen molar-refractivity contribution in [1.29, 1.82) is 0 Å². The van der Waals surface area contributed by atoms with Crippen LogP contribution < -0.4 is 16.4 Å². The van der Waals surface area contributed by atoms with Gasteiger partial charge in [-0.15, -0.1) is 16.4 Å². The van der Waals surface area contributed by atoms with Crippen LogP contribution in [0.3, 0.4) is 0 Å². The van der Waals surface area contributed by atoms with Crippen molar-refractivity contribution in [3.8, 4) is 10.6 Å². The normalized spacial score (nSPS) is 15.6. The standard InChI is InChI=1S/C19H26N6S/c1-13-17(14(2)23-24-19(20)21)26-18(22-13)15-7-9-16(10-8-15)25-11-5-3-4-6-12-25/h7-10H,3-6,11-12H2,1-2H3,(H4,20,21,24)/b23-14+. The largest absolute Gasteiger partial charge is 0.372 e. The quantitative estimate of drug-likeness (QED) is 0.489. The Labute approximate surface area is 158 Å². The highest BCUT2D eigenvalue weighted by atomic mass is 32.1. The van der Waals surface area contributed by atoms with Gasteiger partial charge < -0.3 is 16.4 Å². The van der Waals surface area contributed by atoms with Crippen molar-refractivity contribution in [2.24, 2.45) is 21.7 Å². The zero-order chi connectivity index (χ0) is 18.5. The topological polar surface area (TPSA) is 92.9 Å². The van der Waals surface area contributed by atoms with Crippen LogP contribution in [0.15, 0.2) is 34.5 Å². The molecule has 0 bridgehead atoms. The highest BCUT2D eigenvalue weighted by molar-refractivity contribution is 7.17. The minimum absolute atomic E-state index is 0.0455. The van der Waals surface area contributed by atoms with Gasteiger partial charge >= 0.3 is 0 Å². The maximum absolute atomic E-state index is 5.34. The minimum atomic E-state index is -0.0455. The van der Waals surface area contributed by atoms with Gasteiger partial charge in [-0.05, 0) is 51.0 Å². The maximum atomic E-state index is 5.34. The molecule has 26 heavy (non-hydrogen) atoms. The molecule has 0 radical (unpaired) electrons. The average Bonchev–Trinajstić information content (AvgIpc) is 2.84. The first-order valence-electron chi connectivity index (χ1n) is 9.01. The number of anilines is 1. The van der Waals surface area contributed by atoms with Crippen LogP contribution in [0, 0.1) is 6.92 Å². The summed E-state index contributed by atoms with van der Waals surface area (Å²) in [5.41, 5.74) is 14.8. The summed E-state index contributed by atoms with van der Waals surface area (Å²) >= 11 is 1.61. The van der Waals surface area contributed by atoms with Crippen LogP contribution in [0.2, 0.25) is 0 Å². The van der Waals surface area contributed by atoms with Gasteiger partial charge in [-0.25, -0.2) is 4.98 Å². The van der Waals surface area contributed by atoms with Crippen LogP contribution in [0.25, 0.3) is 10.6 Å². The third-order valence-electron chi connectivity index (χ3n) is 4.53. The number of hydrogen-bond acceptors (Lipinski definition) is 5. The summed E-state index contributed by atoms with van der Waals surface area (Å²) in [6.07, 6.45) is 5.25. The third-order valence-corrected chi connectivity index (χ3v) is 5.84. The second-order valence-electron chi connectivity index (χ2n) is 6.59. The number of guanidine groups is 1. The first-order valence-corrected chi connectivity index (χ1v) is 9.82. The van der Waals surface area contributed by atoms with E-state index >= 15 is 0 Å². The van der Waals surface area contributed by atoms with Gasteiger partial charge in [0.05, 0.1) is 16.3 Å². The Hall–Kier alpha value is -2.41. The van der Waals surface area contributed by atoms with Crippen molar-refractivity contribution in [3.63, 3.8) is 0 Å². The molecule has 0 aliphatic carbocycles. The molecule has 1 aromatic carbocycles. The number of thiazole rings is 1. The molecule has 3 rings (SSSR count). The summed E-state index contributed by atoms with van der Waals surface area (Å²) in [5, 5.41) is 8.78. The number of rotatable bonds is 4. The van der Waals surface area contributed by atoms with E-state index in [2.05, 4.69) is 39.4 Å². The van der Waals surface area contributed by atoms with Crippen LogP contribution in [0.1, 0.15) is 43.2 Å². The molecule has 1 aliphatic heterocycles. The SMILES string of the molecule is C/C(=N\N=C(N)N)c1sc(-c2ccc(N3CCCCCC3)cc2)nc1C. The van der Waals surface area contributed by atoms with Crippen LogP contribution >= 0.6 is 11.3 Å². The van der Waals surface area contributed by atoms with Gasteiger partial charge in [-0.3, -0.25) is 0 Å². The lowest BCUT2D eigenvalue weighted by molar-refractivity contribution is 0.726. The highest BCUT2D eigenvalue weighted by Crippen LogP contribution is 2.30. The summed E-state index contributed by atoms with van der Waals surface area (Å²) < 4.78 is 0. The van der Waals surface area contributed by atoms with Gasteiger partial charge in [0.2, 0.25) is 5.96 Å². The van der Waals surface area contributed by atoms with E-state index in [1.807, 2.05) is 13.8 Å². The summed E-state index contributed by atoms with van der Waals surface area (Å²) in [5.74, 6) is -0.0455. The second-order valence-corrected chi connectivity index (χ2v) is 7.59. The molecule has 0 unspecified atom stereocenters. The molecular formula is C19H26N6S. The lowest BCUT2D eigenvalue weighted by Gasteiger charge is -2.22. The maximum Gasteiger partial charge on any atom is 0.211 e. The van der Waals surface area contributed by atoms with Crippen LogP contribution in [-0.2, 0) is 0 Å². The lowest BCUT2D eigenvalue weighted by Crippen LogP contribution is -2.23. The van der Waals surface area contributed by atoms with Gasteiger partial charge in [0.15, 0.2) is 0 Å². The van der Waals surface area contributed by atoms with E-state index in [1.165, 1.54) is 31.4 Å². The first kappa shape index (κ1) is 18.4. The lowest BCUT2D eigenvalue weighted by atomic mass is 10.2. The molecule has 1 fully saturated rings. The van der Waals surface area contributed by atoms with Gasteiger partial charge in [0, 0.05) is 24.3 Å². The molecule has 2 aromatic rings. The van der Waals surface area contributed by atoms with Crippen molar-refractivity contribution < 1.29 is 0 Å². The number of aryl methyl sites for hydroxylation is 1. The predicted molar refractivity (Wildman–Crippen MR) is 111 cm³/mol. The smallest absolute Gasteiger partial charge is 0.211 e. The molecule has 138 valence electrons. The van der Waals surface area contributed by atoms with Crippen molar-refractivity contribution >= 4 is 28.7 Å². The summed E-state index contributed by atoms with van der Waals surface area (Å²) in [4.78, 5) is 8.19. The summed E-state index contributed by atoms with van der Waals surface area (Å²) in [6, 6.07) is 8.73. The van der Waals surface area contributed by atoms with Gasteiger partial charge in [0.1, 0.15) is 5.01 Å². The Morgan fingerprint density at radius 3 is 2.31 bits per heavy atom. The molecule has 0 atom stereocenters. The number of benzene rings is 1. The fourth-order valence-electron chi connectivity index (χ4n) is 3.18. The third kappa shape index (κ3) is 4.40. The molecule has 2 heterocycles. The van der Waals surface area contributed by atoms with Crippen molar-refractivity contribution in [2.45, 2.75) is 39.5 Å². The fourth-order valence-corrected chi connectivity index (χ4v) is 4.19. The molecule has 7 heteroatoms. The van der Waals surface area contributed by atoms with E-state index in [1.54, 1.807) is 11.3 Å². The highest BCUT2D eigenvalue weighted by Gasteiger charge is 2.13. The number of nitrogens with two attached hydrogens (primary N) is 2. The zero-order valence-electron chi connectivity index (χ0n) is 15.4. The van der Waals surface area contributed by atoms with Gasteiger partial charge in [0.25, 0.3) is 0 Å². The molecule has 4 N–H and O–H groups in total. The molecule has 0 saturated carbocycles. The minimum Gasteiger partial charge on any atom is -0.372 e. The molecule has 1 aliphatic rings. The van der Waals surface area contributed by atoms with Crippen molar-refractivity contribution in [1.82, 2.24) is 4.98 Å². The van der Waals surface area contributed by atoms with Crippen molar-refractivity contribution in [2.75, 3.05) is 18.0 Å². The molecule has 6 nitrogen and oxygen atoms in total. The average molecular weight is 371 g/mol. The Balaban J connectivity index is 1.80. The van der Waals surface area contributed by atoms with Crippen molar-refractivity contribution in [3.05, 3.63) is 34.8 Å². The van der Waals surface area contributed by atoms with Crippen LogP contribution in [0.5, 0.6) is 0 Å². The molecule has 0 spiro atoms. The van der Waals surface area contributed by atoms with Gasteiger partial charge in [-0.1, -0.05) is 12.8 Å². The number of aromatic nitrogens is 1. The van der Waals surface area contributed by atoms with E-state index in [4.69, 9.17) is 16.5 Å². The van der Waals surface area contributed by atoms with E-state index in [0.29, 0.717) is 0 Å². The summed E-state index contributed by atoms with van der Waals surface area (Å²) in [7, 11) is 0. The molecular weight excluding hydrogens is 344 g/mol. The first-order chi connectivity index (χ1) is 12.5. The number of nitrogens with zero attached hydrogens (tertiary/aromatic N) is 4. The van der Waals surface area contributed by atoms with E-state index in [9.17, 15) is 0 Å². The molecule has 1 saturated heterocycles. The molecule has 0 amide bonds. The van der Waals surface area contributed by atoms with Crippen LogP contribution in [0.4, 0.5) is 5.69 Å². The Bertz CT molecular complexity index is 794. The van der Waals surface area contributed by atoms with E-state index < -0.39 is 0 Å². The molecule has 1 aromatic heterocycles. The Morgan fingerprint density at radius 1 is 1.04 bits per heavy atom. The Kier molecular flexibility index (Phi) is 5.88. The van der Waals surface area contributed by atoms with Crippen LogP contribution in [-0.4, -0.2) is 29.7 Å². The summed E-state index contributed by atoms with van der Waals surface area (Å²) in [6.45, 7) is 6.18. The Morgan fingerprint density at radius 2 is 1.69 bits per heavy atom. The predicted octanol–water partition coefficient (Wildman–Crippen LogP) is 3.50. The van der Waals surface area contributed by atoms with Gasteiger partial charge in [-0.2, -0.15) is 5.10 Å². The second kappa shape index (κ2) is 8.31. The van der Waals surface area contributed by atoms with E-state index in [0.717, 1.165) is 39.9 Å². The monoisotopic (exact) mass is 370 g/mol. The fraction of sp³-hybridized carbons (Fsp3) is 0.421. The van der Waals surface area contributed by atoms with E-state index in [-0.39, 0.29) is 5.96 Å². The number of hydrogen-bond donors (Lipinski definition) is 2.